The van der Waals surface area contributed by atoms with Crippen LogP contribution in [0.15, 0.2) is 47.4 Å². The van der Waals surface area contributed by atoms with Crippen LogP contribution in [0.25, 0.3) is 11.0 Å². The number of aliphatic hydroxyl groups excluding tert-OH is 2. The lowest BCUT2D eigenvalue weighted by Crippen LogP contribution is -2.27. The zero-order chi connectivity index (χ0) is 22.0. The van der Waals surface area contributed by atoms with Crippen molar-refractivity contribution in [3.05, 3.63) is 42.5 Å². The highest BCUT2D eigenvalue weighted by atomic mass is 32.2. The van der Waals surface area contributed by atoms with Crippen molar-refractivity contribution in [1.82, 2.24) is 9.97 Å². The first-order valence-corrected chi connectivity index (χ1v) is 11.1. The molecule has 164 valence electrons. The smallest absolute Gasteiger partial charge is 0.339 e. The maximum atomic E-state index is 12.6. The van der Waals surface area contributed by atoms with Gasteiger partial charge in [0.25, 0.3) is 0 Å². The van der Waals surface area contributed by atoms with Crippen molar-refractivity contribution in [3.63, 3.8) is 0 Å². The van der Waals surface area contributed by atoms with Gasteiger partial charge < -0.3 is 24.7 Å². The summed E-state index contributed by atoms with van der Waals surface area (Å²) in [4.78, 5) is 19.0. The number of fused-ring (bicyclic) bond motifs is 1. The highest BCUT2D eigenvalue weighted by Gasteiger charge is 2.30. The highest BCUT2D eigenvalue weighted by Crippen LogP contribution is 2.30. The first-order valence-electron chi connectivity index (χ1n) is 9.71. The Labute approximate surface area is 178 Å². The molecule has 0 bridgehead atoms. The molecule has 1 fully saturated rings. The van der Waals surface area contributed by atoms with Crippen LogP contribution in [-0.2, 0) is 14.9 Å². The fourth-order valence-corrected chi connectivity index (χ4v) is 3.86. The van der Waals surface area contributed by atoms with E-state index in [1.807, 2.05) is 0 Å². The fraction of sp³-hybridized carbons (Fsp3) is 0.300. The third kappa shape index (κ3) is 4.95. The van der Waals surface area contributed by atoms with Gasteiger partial charge in [-0.25, -0.2) is 4.98 Å². The van der Waals surface area contributed by atoms with Gasteiger partial charge in [0.1, 0.15) is 10.6 Å². The minimum atomic E-state index is -4.08. The van der Waals surface area contributed by atoms with Crippen LogP contribution in [0, 0.1) is 5.92 Å². The summed E-state index contributed by atoms with van der Waals surface area (Å²) in [5.41, 5.74) is 1.64. The highest BCUT2D eigenvalue weighted by molar-refractivity contribution is 7.87. The van der Waals surface area contributed by atoms with Crippen LogP contribution < -0.4 is 14.8 Å². The first-order chi connectivity index (χ1) is 14.9. The molecule has 0 unspecified atom stereocenters. The van der Waals surface area contributed by atoms with E-state index in [-0.39, 0.29) is 35.7 Å². The number of aromatic nitrogens is 2. The van der Waals surface area contributed by atoms with E-state index in [0.29, 0.717) is 22.7 Å². The molecule has 10 nitrogen and oxygen atoms in total. The van der Waals surface area contributed by atoms with Gasteiger partial charge >= 0.3 is 10.1 Å². The van der Waals surface area contributed by atoms with Gasteiger partial charge in [-0.2, -0.15) is 8.42 Å². The number of aromatic amines is 1. The first kappa shape index (κ1) is 21.1. The number of benzene rings is 2. The third-order valence-electron chi connectivity index (χ3n) is 4.80. The second kappa shape index (κ2) is 8.53. The number of carbonyl (C=O) groups is 1. The van der Waals surface area contributed by atoms with E-state index in [1.54, 1.807) is 6.07 Å². The van der Waals surface area contributed by atoms with E-state index in [2.05, 4.69) is 20.6 Å². The summed E-state index contributed by atoms with van der Waals surface area (Å²) in [7, 11) is -4.08. The molecule has 1 heterocycles. The molecule has 1 aliphatic carbocycles. The molecule has 0 atom stereocenters. The van der Waals surface area contributed by atoms with Gasteiger partial charge in [0.05, 0.1) is 30.3 Å². The molecule has 1 amide bonds. The van der Waals surface area contributed by atoms with Gasteiger partial charge in [-0.05, 0) is 49.2 Å². The molecule has 1 saturated carbocycles. The number of hydrogen-bond donors (Lipinski definition) is 5. The maximum Gasteiger partial charge on any atom is 0.339 e. The quantitative estimate of drug-likeness (QED) is 0.310. The Hall–Kier alpha value is -3.15. The minimum Gasteiger partial charge on any atom is -0.394 e. The number of H-pyrrole nitrogens is 1. The molecule has 4 rings (SSSR count). The zero-order valence-corrected chi connectivity index (χ0v) is 17.2. The Kier molecular flexibility index (Phi) is 5.81. The molecule has 31 heavy (non-hydrogen) atoms. The summed E-state index contributed by atoms with van der Waals surface area (Å²) < 4.78 is 30.5. The Morgan fingerprint density at radius 3 is 2.52 bits per heavy atom. The number of rotatable bonds is 9. The molecule has 3 aromatic rings. The van der Waals surface area contributed by atoms with Crippen LogP contribution in [0.1, 0.15) is 12.8 Å². The Bertz CT molecular complexity index is 1180. The van der Waals surface area contributed by atoms with Gasteiger partial charge in [-0.15, -0.1) is 0 Å². The third-order valence-corrected chi connectivity index (χ3v) is 6.06. The number of nitrogens with one attached hydrogen (secondary N) is 3. The minimum absolute atomic E-state index is 0.0389. The normalized spacial score (nSPS) is 14.0. The summed E-state index contributed by atoms with van der Waals surface area (Å²) in [6.07, 6.45) is 1.75. The topological polar surface area (TPSA) is 154 Å². The number of aliphatic hydroxyl groups is 2. The van der Waals surface area contributed by atoms with Crippen molar-refractivity contribution in [2.45, 2.75) is 23.8 Å². The van der Waals surface area contributed by atoms with Crippen LogP contribution in [0.3, 0.4) is 0 Å². The van der Waals surface area contributed by atoms with Gasteiger partial charge in [0, 0.05) is 17.7 Å². The summed E-state index contributed by atoms with van der Waals surface area (Å²) in [5.74, 6) is 0.357. The van der Waals surface area contributed by atoms with E-state index in [4.69, 9.17) is 14.4 Å². The lowest BCUT2D eigenvalue weighted by molar-refractivity contribution is -0.117. The molecule has 0 spiro atoms. The average molecular weight is 446 g/mol. The van der Waals surface area contributed by atoms with E-state index in [1.165, 1.54) is 36.4 Å². The number of hydrogen-bond acceptors (Lipinski definition) is 8. The van der Waals surface area contributed by atoms with Crippen LogP contribution in [-0.4, -0.2) is 53.8 Å². The number of carbonyl (C=O) groups excluding carboxylic acids is 1. The SMILES string of the molecule is O=C(Nc1nc2ccc(OS(=O)(=O)c3ccc(NC(CO)CO)cc3)cc2[nH]1)C1CC1. The van der Waals surface area contributed by atoms with Crippen molar-refractivity contribution in [1.29, 1.82) is 0 Å². The van der Waals surface area contributed by atoms with Crippen LogP contribution in [0.5, 0.6) is 5.75 Å². The molecular weight excluding hydrogens is 424 g/mol. The lowest BCUT2D eigenvalue weighted by Gasteiger charge is -2.15. The second-order valence-electron chi connectivity index (χ2n) is 7.30. The van der Waals surface area contributed by atoms with E-state index >= 15 is 0 Å². The van der Waals surface area contributed by atoms with Gasteiger partial charge in [0.2, 0.25) is 11.9 Å². The monoisotopic (exact) mass is 446 g/mol. The Morgan fingerprint density at radius 2 is 1.87 bits per heavy atom. The van der Waals surface area contributed by atoms with Crippen molar-refractivity contribution >= 4 is 38.7 Å². The average Bonchev–Trinajstić information content (AvgIpc) is 3.53. The summed E-state index contributed by atoms with van der Waals surface area (Å²) >= 11 is 0. The molecule has 1 aromatic heterocycles. The van der Waals surface area contributed by atoms with E-state index < -0.39 is 16.2 Å². The van der Waals surface area contributed by atoms with Crippen LogP contribution >= 0.6 is 0 Å². The van der Waals surface area contributed by atoms with Crippen LogP contribution in [0.2, 0.25) is 0 Å². The second-order valence-corrected chi connectivity index (χ2v) is 8.84. The van der Waals surface area contributed by atoms with Gasteiger partial charge in [-0.3, -0.25) is 10.1 Å². The number of nitrogens with zero attached hydrogens (tertiary/aromatic N) is 1. The molecule has 0 radical (unpaired) electrons. The maximum absolute atomic E-state index is 12.6. The van der Waals surface area contributed by atoms with Crippen molar-refractivity contribution in [2.75, 3.05) is 23.8 Å². The molecule has 5 N–H and O–H groups in total. The van der Waals surface area contributed by atoms with E-state index in [0.717, 1.165) is 12.8 Å². The molecule has 1 aliphatic rings. The molecule has 11 heteroatoms. The number of imidazole rings is 1. The zero-order valence-electron chi connectivity index (χ0n) is 16.4. The number of amides is 1. The molecular formula is C20H22N4O6S. The van der Waals surface area contributed by atoms with Crippen molar-refractivity contribution in [3.8, 4) is 5.75 Å². The summed E-state index contributed by atoms with van der Waals surface area (Å²) in [6, 6.07) is 9.79. The Balaban J connectivity index is 1.47. The number of anilines is 2. The van der Waals surface area contributed by atoms with E-state index in [9.17, 15) is 13.2 Å². The van der Waals surface area contributed by atoms with Crippen molar-refractivity contribution < 1.29 is 27.6 Å². The largest absolute Gasteiger partial charge is 0.394 e. The summed E-state index contributed by atoms with van der Waals surface area (Å²) in [5, 5.41) is 23.8. The summed E-state index contributed by atoms with van der Waals surface area (Å²) in [6.45, 7) is -0.524. The predicted molar refractivity (Wildman–Crippen MR) is 113 cm³/mol. The van der Waals surface area contributed by atoms with Gasteiger partial charge in [-0.1, -0.05) is 0 Å². The predicted octanol–water partition coefficient (Wildman–Crippen LogP) is 1.44. The molecule has 0 aliphatic heterocycles. The molecule has 2 aromatic carbocycles. The Morgan fingerprint density at radius 1 is 1.16 bits per heavy atom. The standard InChI is InChI=1S/C20H22N4O6S/c25-10-14(11-26)21-13-3-6-16(7-4-13)31(28,29)30-15-5-8-17-18(9-15)23-20(22-17)24-19(27)12-1-2-12/h3-9,12,14,21,25-26H,1-2,10-11H2,(H2,22,23,24,27). The van der Waals surface area contributed by atoms with Gasteiger partial charge in [0.15, 0.2) is 0 Å². The lowest BCUT2D eigenvalue weighted by atomic mass is 10.2. The van der Waals surface area contributed by atoms with Crippen LogP contribution in [0.4, 0.5) is 11.6 Å². The fourth-order valence-electron chi connectivity index (χ4n) is 2.94. The van der Waals surface area contributed by atoms with Crippen molar-refractivity contribution in [2.24, 2.45) is 5.92 Å². The molecule has 0 saturated heterocycles.